The highest BCUT2D eigenvalue weighted by Crippen LogP contribution is 2.39. The van der Waals surface area contributed by atoms with E-state index in [2.05, 4.69) is 0 Å². The molecule has 0 saturated carbocycles. The second kappa shape index (κ2) is 13.7. The lowest BCUT2D eigenvalue weighted by atomic mass is 9.89. The van der Waals surface area contributed by atoms with Gasteiger partial charge in [-0.3, -0.25) is 0 Å². The predicted octanol–water partition coefficient (Wildman–Crippen LogP) is 4.66. The maximum atomic E-state index is 13.2. The number of fused-ring (bicyclic) bond motifs is 1. The lowest BCUT2D eigenvalue weighted by Gasteiger charge is -2.48. The topological polar surface area (TPSA) is 132 Å². The normalized spacial score (nSPS) is 25.0. The highest BCUT2D eigenvalue weighted by molar-refractivity contribution is 5.99. The van der Waals surface area contributed by atoms with Crippen LogP contribution in [0.2, 0.25) is 0 Å². The van der Waals surface area contributed by atoms with Gasteiger partial charge in [-0.15, -0.1) is 0 Å². The number of hydrogen-bond donors (Lipinski definition) is 1. The van der Waals surface area contributed by atoms with E-state index < -0.39 is 48.1 Å². The Morgan fingerprint density at radius 3 is 2.57 bits per heavy atom. The predicted molar refractivity (Wildman–Crippen MR) is 159 cm³/mol. The molecule has 5 rings (SSSR count). The molecule has 238 valence electrons. The molecule has 2 fully saturated rings. The standard InChI is InChI=1S/C33H40O11/c1-6-38-30(35)24-27(40-18-20-12-8-7-9-13-20)21-15-16-22(19(2)26(21)43-31(24)36)41-32-28(42-23-14-10-11-17-39-23)25(34)29(37-5)33(3,4)44-32/h7-9,12-13,15-16,23,25,28-29,32,34H,6,10-11,14,17-18H2,1-5H3/t23?,25-,28+,29+,32+/m0/s1. The fraction of sp³-hybridized carbons (Fsp3) is 0.515. The molecule has 0 aliphatic carbocycles. The minimum atomic E-state index is -1.09. The number of ether oxygens (including phenoxy) is 7. The van der Waals surface area contributed by atoms with Gasteiger partial charge in [-0.2, -0.15) is 0 Å². The molecule has 1 N–H and O–H groups in total. The molecule has 44 heavy (non-hydrogen) atoms. The molecule has 2 aromatic carbocycles. The first-order valence-electron chi connectivity index (χ1n) is 14.9. The first-order valence-corrected chi connectivity index (χ1v) is 14.9. The van der Waals surface area contributed by atoms with Crippen LogP contribution in [0, 0.1) is 6.92 Å². The van der Waals surface area contributed by atoms with Crippen molar-refractivity contribution in [3.05, 3.63) is 69.6 Å². The van der Waals surface area contributed by atoms with Crippen LogP contribution in [-0.2, 0) is 30.3 Å². The van der Waals surface area contributed by atoms with E-state index in [0.29, 0.717) is 29.7 Å². The molecule has 3 heterocycles. The van der Waals surface area contributed by atoms with Crippen LogP contribution in [-0.4, -0.2) is 67.9 Å². The number of aryl methyl sites for hydroxylation is 1. The van der Waals surface area contributed by atoms with E-state index in [0.717, 1.165) is 18.4 Å². The number of aliphatic hydroxyl groups excluding tert-OH is 1. The lowest BCUT2D eigenvalue weighted by Crippen LogP contribution is -2.65. The lowest BCUT2D eigenvalue weighted by molar-refractivity contribution is -0.339. The molecule has 2 aliphatic rings. The first kappa shape index (κ1) is 31.9. The Morgan fingerprint density at radius 2 is 1.89 bits per heavy atom. The minimum absolute atomic E-state index is 0.0530. The summed E-state index contributed by atoms with van der Waals surface area (Å²) in [7, 11) is 1.51. The summed E-state index contributed by atoms with van der Waals surface area (Å²) in [6.45, 7) is 7.70. The van der Waals surface area contributed by atoms with E-state index >= 15 is 0 Å². The Bertz CT molecular complexity index is 1490. The Morgan fingerprint density at radius 1 is 1.11 bits per heavy atom. The highest BCUT2D eigenvalue weighted by Gasteiger charge is 2.52. The van der Waals surface area contributed by atoms with Crippen molar-refractivity contribution in [1.29, 1.82) is 0 Å². The average Bonchev–Trinajstić information content (AvgIpc) is 3.00. The molecular formula is C33H40O11. The van der Waals surface area contributed by atoms with E-state index in [1.807, 2.05) is 30.3 Å². The zero-order valence-electron chi connectivity index (χ0n) is 25.7. The fourth-order valence-corrected chi connectivity index (χ4v) is 5.70. The first-order chi connectivity index (χ1) is 21.1. The largest absolute Gasteiger partial charge is 0.487 e. The number of carbonyl (C=O) groups is 1. The number of benzene rings is 2. The van der Waals surface area contributed by atoms with Crippen LogP contribution in [0.15, 0.2) is 51.7 Å². The second-order valence-corrected chi connectivity index (χ2v) is 11.4. The SMILES string of the molecule is CCOC(=O)c1c(OCc2ccccc2)c2ccc(O[C@@H]3OC(C)(C)[C@H](OC)[C@@H](O)[C@H]3OC3CCCCO3)c(C)c2oc1=O. The summed E-state index contributed by atoms with van der Waals surface area (Å²) in [4.78, 5) is 26.0. The Hall–Kier alpha value is -3.48. The highest BCUT2D eigenvalue weighted by atomic mass is 16.7. The summed E-state index contributed by atoms with van der Waals surface area (Å²) in [6, 6.07) is 12.7. The zero-order valence-corrected chi connectivity index (χ0v) is 25.7. The van der Waals surface area contributed by atoms with Crippen molar-refractivity contribution in [3.8, 4) is 11.5 Å². The summed E-state index contributed by atoms with van der Waals surface area (Å²) >= 11 is 0. The van der Waals surface area contributed by atoms with Gasteiger partial charge in [0.15, 0.2) is 23.7 Å². The van der Waals surface area contributed by atoms with Gasteiger partial charge in [-0.05, 0) is 64.7 Å². The molecule has 0 amide bonds. The fourth-order valence-electron chi connectivity index (χ4n) is 5.70. The summed E-state index contributed by atoms with van der Waals surface area (Å²) in [6.07, 6.45) is -1.79. The van der Waals surface area contributed by atoms with Crippen molar-refractivity contribution < 1.29 is 47.5 Å². The van der Waals surface area contributed by atoms with Crippen LogP contribution in [0.4, 0.5) is 0 Å². The number of hydrogen-bond acceptors (Lipinski definition) is 11. The molecular weight excluding hydrogens is 572 g/mol. The minimum Gasteiger partial charge on any atom is -0.487 e. The van der Waals surface area contributed by atoms with E-state index in [1.54, 1.807) is 39.8 Å². The molecule has 11 heteroatoms. The maximum absolute atomic E-state index is 13.2. The van der Waals surface area contributed by atoms with E-state index in [4.69, 9.17) is 37.6 Å². The Kier molecular flexibility index (Phi) is 9.91. The van der Waals surface area contributed by atoms with Gasteiger partial charge >= 0.3 is 11.6 Å². The smallest absolute Gasteiger partial charge is 0.354 e. The average molecular weight is 613 g/mol. The van der Waals surface area contributed by atoms with Crippen molar-refractivity contribution in [2.75, 3.05) is 20.3 Å². The van der Waals surface area contributed by atoms with Crippen LogP contribution in [0.1, 0.15) is 61.5 Å². The summed E-state index contributed by atoms with van der Waals surface area (Å²) in [5.41, 5.74) is -0.688. The molecule has 0 bridgehead atoms. The molecule has 0 spiro atoms. The second-order valence-electron chi connectivity index (χ2n) is 11.4. The molecule has 5 atom stereocenters. The zero-order chi connectivity index (χ0) is 31.4. The van der Waals surface area contributed by atoms with Crippen LogP contribution < -0.4 is 15.1 Å². The van der Waals surface area contributed by atoms with Gasteiger partial charge in [0.05, 0.1) is 17.6 Å². The molecule has 3 aromatic rings. The molecule has 11 nitrogen and oxygen atoms in total. The summed E-state index contributed by atoms with van der Waals surface area (Å²) in [5.74, 6) is -0.466. The third kappa shape index (κ3) is 6.62. The van der Waals surface area contributed by atoms with E-state index in [9.17, 15) is 14.7 Å². The van der Waals surface area contributed by atoms with E-state index in [1.165, 1.54) is 7.11 Å². The van der Waals surface area contributed by atoms with Gasteiger partial charge in [0.2, 0.25) is 6.29 Å². The van der Waals surface area contributed by atoms with Gasteiger partial charge in [-0.1, -0.05) is 30.3 Å². The molecule has 1 unspecified atom stereocenters. The molecule has 0 radical (unpaired) electrons. The number of esters is 1. The third-order valence-corrected chi connectivity index (χ3v) is 7.90. The third-order valence-electron chi connectivity index (χ3n) is 7.90. The number of carbonyl (C=O) groups excluding carboxylic acids is 1. The van der Waals surface area contributed by atoms with Crippen molar-refractivity contribution in [3.63, 3.8) is 0 Å². The van der Waals surface area contributed by atoms with Gasteiger partial charge in [0.25, 0.3) is 0 Å². The van der Waals surface area contributed by atoms with Gasteiger partial charge in [-0.25, -0.2) is 9.59 Å². The Balaban J connectivity index is 1.52. The van der Waals surface area contributed by atoms with Gasteiger partial charge < -0.3 is 42.7 Å². The summed E-state index contributed by atoms with van der Waals surface area (Å²) < 4.78 is 47.2. The summed E-state index contributed by atoms with van der Waals surface area (Å²) in [5, 5.41) is 11.7. The number of methoxy groups -OCH3 is 1. The van der Waals surface area contributed by atoms with Crippen molar-refractivity contribution in [2.24, 2.45) is 0 Å². The molecule has 2 saturated heterocycles. The maximum Gasteiger partial charge on any atom is 0.354 e. The van der Waals surface area contributed by atoms with Crippen LogP contribution >= 0.6 is 0 Å². The van der Waals surface area contributed by atoms with Crippen molar-refractivity contribution in [1.82, 2.24) is 0 Å². The van der Waals surface area contributed by atoms with Crippen LogP contribution in [0.5, 0.6) is 11.5 Å². The van der Waals surface area contributed by atoms with Gasteiger partial charge in [0.1, 0.15) is 30.1 Å². The van der Waals surface area contributed by atoms with Crippen molar-refractivity contribution >= 4 is 16.9 Å². The van der Waals surface area contributed by atoms with Crippen LogP contribution in [0.3, 0.4) is 0 Å². The quantitative estimate of drug-likeness (QED) is 0.253. The molecule has 1 aromatic heterocycles. The van der Waals surface area contributed by atoms with E-state index in [-0.39, 0.29) is 30.1 Å². The number of aliphatic hydroxyl groups is 1. The van der Waals surface area contributed by atoms with Gasteiger partial charge in [0, 0.05) is 19.3 Å². The Labute approximate surface area is 255 Å². The van der Waals surface area contributed by atoms with Crippen LogP contribution in [0.25, 0.3) is 11.0 Å². The molecule has 2 aliphatic heterocycles. The number of rotatable bonds is 10. The monoisotopic (exact) mass is 612 g/mol. The van der Waals surface area contributed by atoms with Crippen molar-refractivity contribution in [2.45, 2.75) is 90.1 Å².